The highest BCUT2D eigenvalue weighted by Crippen LogP contribution is 2.22. The minimum atomic E-state index is -1.08. The van der Waals surface area contributed by atoms with Crippen LogP contribution in [0.3, 0.4) is 0 Å². The molecule has 200 valence electrons. The van der Waals surface area contributed by atoms with Crippen LogP contribution in [0.15, 0.2) is 48.5 Å². The van der Waals surface area contributed by atoms with Crippen molar-refractivity contribution in [2.24, 2.45) is 0 Å². The first-order chi connectivity index (χ1) is 17.5. The van der Waals surface area contributed by atoms with Gasteiger partial charge in [-0.1, -0.05) is 64.1 Å². The van der Waals surface area contributed by atoms with Crippen molar-refractivity contribution in [3.63, 3.8) is 0 Å². The Morgan fingerprint density at radius 2 is 1.19 bits per heavy atom. The van der Waals surface area contributed by atoms with Crippen LogP contribution in [0.25, 0.3) is 11.4 Å². The van der Waals surface area contributed by atoms with Gasteiger partial charge in [0.05, 0.1) is 16.8 Å². The number of hydrogen-bond donors (Lipinski definition) is 3. The minimum Gasteiger partial charge on any atom is -0.478 e. The van der Waals surface area contributed by atoms with E-state index in [0.717, 1.165) is 11.4 Å². The van der Waals surface area contributed by atoms with Gasteiger partial charge in [-0.3, -0.25) is 14.4 Å². The Morgan fingerprint density at radius 1 is 0.757 bits per heavy atom. The molecule has 9 heteroatoms. The smallest absolute Gasteiger partial charge is 0.336 e. The normalized spacial score (nSPS) is 8.76. The third kappa shape index (κ3) is 12.2. The van der Waals surface area contributed by atoms with E-state index in [9.17, 15) is 24.0 Å². The maximum absolute atomic E-state index is 11.0. The molecule has 0 atom stereocenters. The second-order valence-corrected chi connectivity index (χ2v) is 6.77. The Balaban J connectivity index is 0. The number of Topliss-reactive ketones (excluding diaryl/α,β-unsaturated/α-hetero) is 2. The van der Waals surface area contributed by atoms with Gasteiger partial charge in [0.2, 0.25) is 0 Å². The van der Waals surface area contributed by atoms with E-state index in [1.165, 1.54) is 26.0 Å². The van der Waals surface area contributed by atoms with Crippen LogP contribution >= 0.6 is 0 Å². The summed E-state index contributed by atoms with van der Waals surface area (Å²) in [5.41, 5.74) is 2.97. The number of nitrogens with zero attached hydrogens (tertiary/aromatic N) is 1. The van der Waals surface area contributed by atoms with Crippen LogP contribution < -0.4 is 0 Å². The number of hydrogen-bond acceptors (Lipinski definition) is 6. The first kappa shape index (κ1) is 34.8. The molecule has 37 heavy (non-hydrogen) atoms. The van der Waals surface area contributed by atoms with Crippen molar-refractivity contribution in [3.05, 3.63) is 76.6 Å². The summed E-state index contributed by atoms with van der Waals surface area (Å²) in [5, 5.41) is 17.6. The molecule has 1 heterocycles. The van der Waals surface area contributed by atoms with Gasteiger partial charge in [-0.25, -0.2) is 14.6 Å². The molecule has 0 amide bonds. The molecule has 9 nitrogen and oxygen atoms in total. The molecule has 2 aromatic carbocycles. The molecule has 0 aliphatic carbocycles. The number of carboxylic acids is 2. The molecule has 0 radical (unpaired) electrons. The van der Waals surface area contributed by atoms with Crippen molar-refractivity contribution in [1.82, 2.24) is 9.97 Å². The topological polar surface area (TPSA) is 154 Å². The van der Waals surface area contributed by atoms with Gasteiger partial charge in [0.15, 0.2) is 17.9 Å². The molecule has 0 spiro atoms. The monoisotopic (exact) mass is 512 g/mol. The Labute approximate surface area is 217 Å². The van der Waals surface area contributed by atoms with Crippen molar-refractivity contribution in [2.75, 3.05) is 0 Å². The van der Waals surface area contributed by atoms with Crippen molar-refractivity contribution >= 4 is 29.8 Å². The Kier molecular flexibility index (Phi) is 17.7. The Morgan fingerprint density at radius 3 is 1.54 bits per heavy atom. The summed E-state index contributed by atoms with van der Waals surface area (Å²) in [6.07, 6.45) is 0.531. The van der Waals surface area contributed by atoms with Crippen molar-refractivity contribution in [3.8, 4) is 11.4 Å². The van der Waals surface area contributed by atoms with Crippen LogP contribution in [0.2, 0.25) is 0 Å². The van der Waals surface area contributed by atoms with Gasteiger partial charge >= 0.3 is 11.9 Å². The molecule has 0 bridgehead atoms. The van der Waals surface area contributed by atoms with Crippen LogP contribution in [0.1, 0.15) is 84.0 Å². The van der Waals surface area contributed by atoms with Crippen molar-refractivity contribution in [1.29, 1.82) is 0 Å². The second kappa shape index (κ2) is 18.9. The van der Waals surface area contributed by atoms with E-state index < -0.39 is 11.9 Å². The van der Waals surface area contributed by atoms with Crippen LogP contribution in [0, 0.1) is 13.8 Å². The van der Waals surface area contributed by atoms with Gasteiger partial charge in [0, 0.05) is 30.7 Å². The van der Waals surface area contributed by atoms with E-state index in [-0.39, 0.29) is 28.3 Å². The number of benzene rings is 2. The average Bonchev–Trinajstić information content (AvgIpc) is 3.24. The van der Waals surface area contributed by atoms with Crippen LogP contribution in [-0.4, -0.2) is 50.0 Å². The fourth-order valence-electron chi connectivity index (χ4n) is 2.35. The molecule has 0 aliphatic rings. The molecular weight excluding hydrogens is 476 g/mol. The first-order valence-electron chi connectivity index (χ1n) is 11.6. The fraction of sp³-hybridized carbons (Fsp3) is 0.286. The summed E-state index contributed by atoms with van der Waals surface area (Å²) in [5.74, 6) is -2.17. The first-order valence-corrected chi connectivity index (χ1v) is 11.6. The van der Waals surface area contributed by atoms with Crippen molar-refractivity contribution < 1.29 is 34.2 Å². The lowest BCUT2D eigenvalue weighted by Gasteiger charge is -2.01. The molecule has 0 fully saturated rings. The van der Waals surface area contributed by atoms with E-state index in [1.54, 1.807) is 36.4 Å². The fourth-order valence-corrected chi connectivity index (χ4v) is 2.35. The van der Waals surface area contributed by atoms with Gasteiger partial charge in [-0.2, -0.15) is 0 Å². The number of rotatable bonds is 5. The largest absolute Gasteiger partial charge is 0.478 e. The maximum atomic E-state index is 11.0. The number of carboxylic acid groups (broad SMARTS) is 2. The van der Waals surface area contributed by atoms with Crippen molar-refractivity contribution in [2.45, 2.75) is 55.4 Å². The summed E-state index contributed by atoms with van der Waals surface area (Å²) in [6.45, 7) is 14.3. The second-order valence-electron chi connectivity index (χ2n) is 6.77. The highest BCUT2D eigenvalue weighted by Gasteiger charge is 2.13. The zero-order valence-electron chi connectivity index (χ0n) is 22.6. The van der Waals surface area contributed by atoms with E-state index in [0.29, 0.717) is 17.7 Å². The summed E-state index contributed by atoms with van der Waals surface area (Å²) in [6, 6.07) is 12.9. The zero-order valence-corrected chi connectivity index (χ0v) is 22.6. The number of aryl methyl sites for hydroxylation is 2. The summed E-state index contributed by atoms with van der Waals surface area (Å²) >= 11 is 0. The summed E-state index contributed by atoms with van der Waals surface area (Å²) in [7, 11) is 0. The van der Waals surface area contributed by atoms with E-state index in [2.05, 4.69) is 9.97 Å². The van der Waals surface area contributed by atoms with E-state index in [4.69, 9.17) is 10.2 Å². The van der Waals surface area contributed by atoms with Gasteiger partial charge < -0.3 is 15.2 Å². The summed E-state index contributed by atoms with van der Waals surface area (Å²) < 4.78 is 0. The van der Waals surface area contributed by atoms with Gasteiger partial charge in [0.1, 0.15) is 5.82 Å². The van der Waals surface area contributed by atoms with Gasteiger partial charge in [-0.15, -0.1) is 0 Å². The molecular formula is C28H36N2O7. The molecule has 3 aromatic rings. The molecule has 0 saturated carbocycles. The predicted molar refractivity (Wildman–Crippen MR) is 143 cm³/mol. The number of nitrogens with one attached hydrogen (secondary N) is 1. The lowest BCUT2D eigenvalue weighted by molar-refractivity contribution is -0.134. The molecule has 3 N–H and O–H groups in total. The average molecular weight is 513 g/mol. The van der Waals surface area contributed by atoms with Crippen LogP contribution in [-0.2, 0) is 9.59 Å². The molecule has 0 unspecified atom stereocenters. The zero-order chi connectivity index (χ0) is 29.1. The van der Waals surface area contributed by atoms with E-state index in [1.807, 2.05) is 41.5 Å². The quantitative estimate of drug-likeness (QED) is 0.286. The number of aromatic carboxylic acids is 2. The molecule has 0 saturated heterocycles. The highest BCUT2D eigenvalue weighted by atomic mass is 16.4. The minimum absolute atomic E-state index is 0.0440. The lowest BCUT2D eigenvalue weighted by Crippen LogP contribution is -2.01. The summed E-state index contributed by atoms with van der Waals surface area (Å²) in [4.78, 5) is 58.7. The van der Waals surface area contributed by atoms with Gasteiger partial charge in [-0.05, 0) is 26.0 Å². The number of imidazole rings is 1. The van der Waals surface area contributed by atoms with Crippen LogP contribution in [0.4, 0.5) is 0 Å². The number of aromatic amines is 1. The number of aromatic nitrogens is 2. The van der Waals surface area contributed by atoms with Gasteiger partial charge in [0.25, 0.3) is 0 Å². The predicted octanol–water partition coefficient (Wildman–Crippen LogP) is 5.81. The van der Waals surface area contributed by atoms with E-state index >= 15 is 0 Å². The molecule has 0 aliphatic heterocycles. The molecule has 1 aromatic heterocycles. The van der Waals surface area contributed by atoms with Crippen LogP contribution in [0.5, 0.6) is 0 Å². The standard InChI is InChI=1S/C12H12N2O2.C8H6O3.C4H6O2.2C2H6/c1-7-8(2)14-11(13-7)9-5-3-4-6-10(9)12(15)16;9-5-6-3-1-2-4-7(6)8(10)11;1-3(5)4(2)6;2*1-2/h3-6H,1-2H3,(H,13,14)(H,15,16);1-5H,(H,10,11);1-2H3;2*1-2H3. The number of carbonyl (C=O) groups excluding carboxylic acids is 3. The number of ketones is 2. The third-order valence-electron chi connectivity index (χ3n) is 4.35. The Bertz CT molecular complexity index is 1150. The number of aldehydes is 1. The number of carbonyl (C=O) groups is 5. The highest BCUT2D eigenvalue weighted by molar-refractivity contribution is 6.35. The Hall–Kier alpha value is -4.40. The lowest BCUT2D eigenvalue weighted by atomic mass is 10.1. The third-order valence-corrected chi connectivity index (χ3v) is 4.35. The number of H-pyrrole nitrogens is 1. The maximum Gasteiger partial charge on any atom is 0.336 e. The molecule has 3 rings (SSSR count). The SMILES string of the molecule is CC.CC.CC(=O)C(C)=O.Cc1nc(-c2ccccc2C(=O)O)[nH]c1C.O=Cc1ccccc1C(=O)O.